The molecule has 2 aromatic carbocycles. The Balaban J connectivity index is 1.46. The van der Waals surface area contributed by atoms with E-state index in [0.29, 0.717) is 22.8 Å². The summed E-state index contributed by atoms with van der Waals surface area (Å²) >= 11 is 0. The number of carbonyl (C=O) groups excluding carboxylic acids is 1. The Hall–Kier alpha value is -3.85. The number of methoxy groups -OCH3 is 1. The number of ether oxygens (including phenoxy) is 2. The van der Waals surface area contributed by atoms with Gasteiger partial charge in [-0.15, -0.1) is 0 Å². The number of likely N-dealkylation sites (tertiary alicyclic amines) is 1. The van der Waals surface area contributed by atoms with E-state index < -0.39 is 0 Å². The summed E-state index contributed by atoms with van der Waals surface area (Å²) in [6.45, 7) is 0.739. The molecule has 2 heterocycles. The van der Waals surface area contributed by atoms with Crippen molar-refractivity contribution in [3.8, 4) is 23.4 Å². The third kappa shape index (κ3) is 4.11. The van der Waals surface area contributed by atoms with Gasteiger partial charge in [0.2, 0.25) is 5.88 Å². The van der Waals surface area contributed by atoms with Gasteiger partial charge < -0.3 is 14.4 Å². The monoisotopic (exact) mass is 399 g/mol. The van der Waals surface area contributed by atoms with Gasteiger partial charge in [-0.1, -0.05) is 12.1 Å². The van der Waals surface area contributed by atoms with Gasteiger partial charge in [-0.05, 0) is 60.9 Å². The summed E-state index contributed by atoms with van der Waals surface area (Å²) in [6, 6.07) is 20.3. The molecule has 1 saturated heterocycles. The number of nitriles is 1. The van der Waals surface area contributed by atoms with Crippen LogP contribution >= 0.6 is 0 Å². The minimum Gasteiger partial charge on any atom is -0.497 e. The molecular formula is C24H21N3O3. The average Bonchev–Trinajstić information content (AvgIpc) is 3.29. The Bertz CT molecular complexity index is 1050. The zero-order chi connectivity index (χ0) is 20.9. The summed E-state index contributed by atoms with van der Waals surface area (Å²) in [7, 11) is 1.64. The molecule has 1 aromatic heterocycles. The maximum Gasteiger partial charge on any atom is 0.254 e. The number of amides is 1. The molecule has 0 bridgehead atoms. The van der Waals surface area contributed by atoms with Gasteiger partial charge >= 0.3 is 0 Å². The minimum absolute atomic E-state index is 0.0105. The quantitative estimate of drug-likeness (QED) is 0.620. The lowest BCUT2D eigenvalue weighted by Crippen LogP contribution is -2.30. The molecule has 1 amide bonds. The summed E-state index contributed by atoms with van der Waals surface area (Å²) in [6.07, 6.45) is 3.39. The molecule has 4 rings (SSSR count). The first-order valence-electron chi connectivity index (χ1n) is 9.77. The normalized spacial score (nSPS) is 15.5. The highest BCUT2D eigenvalue weighted by atomic mass is 16.5. The highest BCUT2D eigenvalue weighted by Gasteiger charge is 2.30. The molecule has 1 atom stereocenters. The van der Waals surface area contributed by atoms with E-state index in [9.17, 15) is 4.79 Å². The number of rotatable bonds is 5. The Morgan fingerprint density at radius 2 is 1.80 bits per heavy atom. The summed E-state index contributed by atoms with van der Waals surface area (Å²) in [5.74, 6) is 1.79. The van der Waals surface area contributed by atoms with Crippen molar-refractivity contribution >= 4 is 5.91 Å². The fourth-order valence-corrected chi connectivity index (χ4v) is 3.64. The van der Waals surface area contributed by atoms with Crippen LogP contribution < -0.4 is 9.47 Å². The molecule has 0 aliphatic carbocycles. The van der Waals surface area contributed by atoms with E-state index in [1.165, 1.54) is 6.20 Å². The van der Waals surface area contributed by atoms with Gasteiger partial charge in [-0.3, -0.25) is 4.79 Å². The van der Waals surface area contributed by atoms with Gasteiger partial charge in [0, 0.05) is 24.4 Å². The number of aromatic nitrogens is 1. The van der Waals surface area contributed by atoms with Crippen LogP contribution in [0, 0.1) is 11.3 Å². The summed E-state index contributed by atoms with van der Waals surface area (Å²) in [5, 5.41) is 8.83. The summed E-state index contributed by atoms with van der Waals surface area (Å²) in [4.78, 5) is 19.1. The molecule has 1 aliphatic heterocycles. The SMILES string of the molecule is COc1ccc(C2CCCN2C(=O)c2ccc(Oc3ccc(C#N)cn3)cc2)cc1. The smallest absolute Gasteiger partial charge is 0.254 e. The van der Waals surface area contributed by atoms with Crippen molar-refractivity contribution in [2.75, 3.05) is 13.7 Å². The van der Waals surface area contributed by atoms with E-state index >= 15 is 0 Å². The third-order valence-corrected chi connectivity index (χ3v) is 5.20. The van der Waals surface area contributed by atoms with E-state index in [0.717, 1.165) is 30.7 Å². The topological polar surface area (TPSA) is 75.4 Å². The Morgan fingerprint density at radius 3 is 2.43 bits per heavy atom. The van der Waals surface area contributed by atoms with Crippen LogP contribution in [0.25, 0.3) is 0 Å². The second-order valence-corrected chi connectivity index (χ2v) is 7.05. The van der Waals surface area contributed by atoms with E-state index in [1.807, 2.05) is 35.2 Å². The van der Waals surface area contributed by atoms with Crippen LogP contribution in [-0.4, -0.2) is 29.4 Å². The molecule has 150 valence electrons. The van der Waals surface area contributed by atoms with Crippen molar-refractivity contribution in [1.82, 2.24) is 9.88 Å². The van der Waals surface area contributed by atoms with Crippen LogP contribution in [0.4, 0.5) is 0 Å². The third-order valence-electron chi connectivity index (χ3n) is 5.20. The number of hydrogen-bond donors (Lipinski definition) is 0. The van der Waals surface area contributed by atoms with Crippen molar-refractivity contribution in [2.45, 2.75) is 18.9 Å². The van der Waals surface area contributed by atoms with Crippen LogP contribution in [-0.2, 0) is 0 Å². The first-order chi connectivity index (χ1) is 14.7. The van der Waals surface area contributed by atoms with Gasteiger partial charge in [0.1, 0.15) is 17.6 Å². The molecule has 0 spiro atoms. The molecule has 6 nitrogen and oxygen atoms in total. The summed E-state index contributed by atoms with van der Waals surface area (Å²) in [5.41, 5.74) is 2.21. The number of carbonyl (C=O) groups is 1. The predicted molar refractivity (Wildman–Crippen MR) is 111 cm³/mol. The van der Waals surface area contributed by atoms with Crippen LogP contribution in [0.2, 0.25) is 0 Å². The molecule has 0 N–H and O–H groups in total. The van der Waals surface area contributed by atoms with Gasteiger partial charge in [-0.25, -0.2) is 4.98 Å². The molecule has 0 radical (unpaired) electrons. The Kier molecular flexibility index (Phi) is 5.62. The van der Waals surface area contributed by atoms with Crippen LogP contribution in [0.3, 0.4) is 0 Å². The highest BCUT2D eigenvalue weighted by molar-refractivity contribution is 5.94. The maximum atomic E-state index is 13.1. The molecule has 0 saturated carbocycles. The molecule has 3 aromatic rings. The fourth-order valence-electron chi connectivity index (χ4n) is 3.64. The van der Waals surface area contributed by atoms with Crippen LogP contribution in [0.1, 0.15) is 40.4 Å². The molecule has 30 heavy (non-hydrogen) atoms. The van der Waals surface area contributed by atoms with E-state index in [1.54, 1.807) is 43.5 Å². The van der Waals surface area contributed by atoms with Crippen molar-refractivity contribution in [1.29, 1.82) is 5.26 Å². The molecule has 6 heteroatoms. The van der Waals surface area contributed by atoms with Crippen LogP contribution in [0.15, 0.2) is 66.9 Å². The van der Waals surface area contributed by atoms with Gasteiger partial charge in [0.25, 0.3) is 5.91 Å². The lowest BCUT2D eigenvalue weighted by atomic mass is 10.0. The fraction of sp³-hybridized carbons (Fsp3) is 0.208. The Morgan fingerprint density at radius 1 is 1.07 bits per heavy atom. The second-order valence-electron chi connectivity index (χ2n) is 7.05. The molecular weight excluding hydrogens is 378 g/mol. The lowest BCUT2D eigenvalue weighted by Gasteiger charge is -2.25. The number of hydrogen-bond acceptors (Lipinski definition) is 5. The first kappa shape index (κ1) is 19.5. The lowest BCUT2D eigenvalue weighted by molar-refractivity contribution is 0.0735. The molecule has 1 aliphatic rings. The van der Waals surface area contributed by atoms with Crippen LogP contribution in [0.5, 0.6) is 17.4 Å². The highest BCUT2D eigenvalue weighted by Crippen LogP contribution is 2.34. The van der Waals surface area contributed by atoms with E-state index in [-0.39, 0.29) is 11.9 Å². The number of benzene rings is 2. The largest absolute Gasteiger partial charge is 0.497 e. The second kappa shape index (κ2) is 8.66. The zero-order valence-electron chi connectivity index (χ0n) is 16.6. The standard InChI is InChI=1S/C24H21N3O3/c1-29-20-9-5-18(6-10-20)22-3-2-14-27(22)24(28)19-7-11-21(12-8-19)30-23-13-4-17(15-25)16-26-23/h4-13,16,22H,2-3,14H2,1H3. The Labute approximate surface area is 175 Å². The molecule has 1 unspecified atom stereocenters. The number of pyridine rings is 1. The van der Waals surface area contributed by atoms with Gasteiger partial charge in [0.15, 0.2) is 0 Å². The van der Waals surface area contributed by atoms with Gasteiger partial charge in [-0.2, -0.15) is 5.26 Å². The average molecular weight is 399 g/mol. The minimum atomic E-state index is 0.0105. The van der Waals surface area contributed by atoms with Crippen molar-refractivity contribution in [2.24, 2.45) is 0 Å². The van der Waals surface area contributed by atoms with E-state index in [4.69, 9.17) is 14.7 Å². The van der Waals surface area contributed by atoms with Gasteiger partial charge in [0.05, 0.1) is 18.7 Å². The van der Waals surface area contributed by atoms with Crippen molar-refractivity contribution < 1.29 is 14.3 Å². The molecule has 1 fully saturated rings. The van der Waals surface area contributed by atoms with Crippen molar-refractivity contribution in [3.63, 3.8) is 0 Å². The summed E-state index contributed by atoms with van der Waals surface area (Å²) < 4.78 is 10.9. The van der Waals surface area contributed by atoms with Crippen molar-refractivity contribution in [3.05, 3.63) is 83.6 Å². The zero-order valence-corrected chi connectivity index (χ0v) is 16.6. The van der Waals surface area contributed by atoms with E-state index in [2.05, 4.69) is 4.98 Å². The predicted octanol–water partition coefficient (Wildman–Crippen LogP) is 4.73. The maximum absolute atomic E-state index is 13.1. The first-order valence-corrected chi connectivity index (χ1v) is 9.77. The number of nitrogens with zero attached hydrogens (tertiary/aromatic N) is 3.